The van der Waals surface area contributed by atoms with E-state index in [2.05, 4.69) is 47.3 Å². The predicted octanol–water partition coefficient (Wildman–Crippen LogP) is 3.30. The minimum Gasteiger partial charge on any atom is -0.490 e. The van der Waals surface area contributed by atoms with E-state index in [1.807, 2.05) is 18.9 Å². The molecule has 21 heavy (non-hydrogen) atoms. The van der Waals surface area contributed by atoms with Crippen LogP contribution in [0.5, 0.6) is 5.75 Å². The number of methoxy groups -OCH3 is 1. The van der Waals surface area contributed by atoms with E-state index >= 15 is 0 Å². The average Bonchev–Trinajstić information content (AvgIpc) is 2.45. The van der Waals surface area contributed by atoms with Gasteiger partial charge in [0.05, 0.1) is 7.11 Å². The van der Waals surface area contributed by atoms with Crippen LogP contribution >= 0.6 is 0 Å². The summed E-state index contributed by atoms with van der Waals surface area (Å²) >= 11 is 0. The summed E-state index contributed by atoms with van der Waals surface area (Å²) in [4.78, 5) is 10.6. The zero-order valence-electron chi connectivity index (χ0n) is 13.3. The van der Waals surface area contributed by atoms with Gasteiger partial charge in [0.15, 0.2) is 11.6 Å². The largest absolute Gasteiger partial charge is 0.490 e. The molecule has 2 aromatic rings. The van der Waals surface area contributed by atoms with Crippen LogP contribution in [0.1, 0.15) is 18.1 Å². The van der Waals surface area contributed by atoms with Crippen LogP contribution < -0.4 is 15.0 Å². The topological polar surface area (TPSA) is 50.3 Å². The molecule has 0 saturated carbocycles. The average molecular weight is 286 g/mol. The lowest BCUT2D eigenvalue weighted by Gasteiger charge is -2.22. The van der Waals surface area contributed by atoms with Crippen molar-refractivity contribution in [2.24, 2.45) is 0 Å². The van der Waals surface area contributed by atoms with Crippen molar-refractivity contribution in [3.8, 4) is 5.75 Å². The van der Waals surface area contributed by atoms with E-state index in [-0.39, 0.29) is 0 Å². The molecule has 0 spiro atoms. The first-order chi connectivity index (χ1) is 10.1. The molecule has 0 amide bonds. The molecule has 0 aliphatic rings. The highest BCUT2D eigenvalue weighted by Gasteiger charge is 2.16. The summed E-state index contributed by atoms with van der Waals surface area (Å²) in [6, 6.07) is 6.40. The summed E-state index contributed by atoms with van der Waals surface area (Å²) in [5.41, 5.74) is 3.51. The highest BCUT2D eigenvalue weighted by molar-refractivity contribution is 5.71. The lowest BCUT2D eigenvalue weighted by atomic mass is 10.1. The molecule has 0 fully saturated rings. The summed E-state index contributed by atoms with van der Waals surface area (Å²) in [5, 5.41) is 3.19. The summed E-state index contributed by atoms with van der Waals surface area (Å²) < 4.78 is 5.50. The zero-order chi connectivity index (χ0) is 15.4. The van der Waals surface area contributed by atoms with Gasteiger partial charge in [-0.2, -0.15) is 0 Å². The SMILES string of the molecule is CCNc1ncnc(N(C)c2cc(C)cc(C)c2)c1OC. The van der Waals surface area contributed by atoms with Gasteiger partial charge in [0.2, 0.25) is 5.75 Å². The van der Waals surface area contributed by atoms with Gasteiger partial charge in [0, 0.05) is 19.3 Å². The van der Waals surface area contributed by atoms with Crippen LogP contribution in [0.25, 0.3) is 0 Å². The molecule has 5 nitrogen and oxygen atoms in total. The van der Waals surface area contributed by atoms with Crippen LogP contribution in [0.3, 0.4) is 0 Å². The molecule has 0 saturated heterocycles. The van der Waals surface area contributed by atoms with Crippen LogP contribution in [-0.2, 0) is 0 Å². The lowest BCUT2D eigenvalue weighted by molar-refractivity contribution is 0.414. The Morgan fingerprint density at radius 3 is 2.38 bits per heavy atom. The number of nitrogens with zero attached hydrogens (tertiary/aromatic N) is 3. The van der Waals surface area contributed by atoms with Crippen LogP contribution in [0.2, 0.25) is 0 Å². The monoisotopic (exact) mass is 286 g/mol. The molecule has 1 N–H and O–H groups in total. The molecule has 0 unspecified atom stereocenters. The Balaban J connectivity index is 2.47. The zero-order valence-corrected chi connectivity index (χ0v) is 13.3. The van der Waals surface area contributed by atoms with Crippen molar-refractivity contribution in [1.29, 1.82) is 0 Å². The molecule has 0 bridgehead atoms. The number of hydrogen-bond acceptors (Lipinski definition) is 5. The second-order valence-electron chi connectivity index (χ2n) is 5.01. The van der Waals surface area contributed by atoms with Crippen LogP contribution in [-0.4, -0.2) is 30.7 Å². The molecule has 0 radical (unpaired) electrons. The van der Waals surface area contributed by atoms with Crippen molar-refractivity contribution >= 4 is 17.3 Å². The normalized spacial score (nSPS) is 10.3. The smallest absolute Gasteiger partial charge is 0.204 e. The molecule has 5 heteroatoms. The van der Waals surface area contributed by atoms with Crippen LogP contribution in [0.4, 0.5) is 17.3 Å². The van der Waals surface area contributed by atoms with E-state index in [9.17, 15) is 0 Å². The molecule has 0 atom stereocenters. The number of ether oxygens (including phenoxy) is 1. The fourth-order valence-corrected chi connectivity index (χ4v) is 2.35. The molecule has 0 aliphatic carbocycles. The van der Waals surface area contributed by atoms with Gasteiger partial charge in [0.1, 0.15) is 6.33 Å². The Labute approximate surface area is 126 Å². The summed E-state index contributed by atoms with van der Waals surface area (Å²) in [7, 11) is 3.62. The highest BCUT2D eigenvalue weighted by atomic mass is 16.5. The first-order valence-electron chi connectivity index (χ1n) is 7.01. The Kier molecular flexibility index (Phi) is 4.62. The van der Waals surface area contributed by atoms with E-state index < -0.39 is 0 Å². The fraction of sp³-hybridized carbons (Fsp3) is 0.375. The summed E-state index contributed by atoms with van der Waals surface area (Å²) in [6.45, 7) is 6.98. The van der Waals surface area contributed by atoms with Crippen molar-refractivity contribution in [2.75, 3.05) is 30.9 Å². The number of hydrogen-bond donors (Lipinski definition) is 1. The first kappa shape index (κ1) is 15.1. The molecule has 2 rings (SSSR count). The number of aromatic nitrogens is 2. The van der Waals surface area contributed by atoms with Gasteiger partial charge in [-0.05, 0) is 44.0 Å². The summed E-state index contributed by atoms with van der Waals surface area (Å²) in [5.74, 6) is 2.11. The maximum absolute atomic E-state index is 5.50. The van der Waals surface area contributed by atoms with E-state index in [1.54, 1.807) is 13.4 Å². The number of nitrogens with one attached hydrogen (secondary N) is 1. The van der Waals surface area contributed by atoms with E-state index in [4.69, 9.17) is 4.74 Å². The van der Waals surface area contributed by atoms with Crippen molar-refractivity contribution in [3.63, 3.8) is 0 Å². The second-order valence-corrected chi connectivity index (χ2v) is 5.01. The van der Waals surface area contributed by atoms with Gasteiger partial charge in [-0.15, -0.1) is 0 Å². The molecule has 0 aliphatic heterocycles. The van der Waals surface area contributed by atoms with Gasteiger partial charge in [-0.1, -0.05) is 6.07 Å². The van der Waals surface area contributed by atoms with E-state index in [0.717, 1.165) is 18.1 Å². The third kappa shape index (κ3) is 3.24. The quantitative estimate of drug-likeness (QED) is 0.914. The van der Waals surface area contributed by atoms with Crippen molar-refractivity contribution in [1.82, 2.24) is 9.97 Å². The van der Waals surface area contributed by atoms with E-state index in [0.29, 0.717) is 11.6 Å². The van der Waals surface area contributed by atoms with Crippen LogP contribution in [0.15, 0.2) is 24.5 Å². The predicted molar refractivity (Wildman–Crippen MR) is 86.7 cm³/mol. The van der Waals surface area contributed by atoms with E-state index in [1.165, 1.54) is 11.1 Å². The van der Waals surface area contributed by atoms with Gasteiger partial charge < -0.3 is 15.0 Å². The van der Waals surface area contributed by atoms with Gasteiger partial charge in [0.25, 0.3) is 0 Å². The lowest BCUT2D eigenvalue weighted by Crippen LogP contribution is -2.15. The molecular formula is C16H22N4O. The van der Waals surface area contributed by atoms with Crippen molar-refractivity contribution in [2.45, 2.75) is 20.8 Å². The Morgan fingerprint density at radius 2 is 1.81 bits per heavy atom. The van der Waals surface area contributed by atoms with Crippen molar-refractivity contribution in [3.05, 3.63) is 35.7 Å². The number of aryl methyl sites for hydroxylation is 2. The van der Waals surface area contributed by atoms with Gasteiger partial charge in [-0.25, -0.2) is 9.97 Å². The van der Waals surface area contributed by atoms with Crippen molar-refractivity contribution < 1.29 is 4.74 Å². The summed E-state index contributed by atoms with van der Waals surface area (Å²) in [6.07, 6.45) is 1.55. The molecule has 1 heterocycles. The maximum atomic E-state index is 5.50. The highest BCUT2D eigenvalue weighted by Crippen LogP contribution is 2.35. The number of benzene rings is 1. The molecule has 1 aromatic heterocycles. The number of rotatable bonds is 5. The van der Waals surface area contributed by atoms with Gasteiger partial charge in [-0.3, -0.25) is 0 Å². The molecular weight excluding hydrogens is 264 g/mol. The molecule has 1 aromatic carbocycles. The third-order valence-electron chi connectivity index (χ3n) is 3.24. The Hall–Kier alpha value is -2.30. The minimum absolute atomic E-state index is 0.654. The fourth-order valence-electron chi connectivity index (χ4n) is 2.35. The first-order valence-corrected chi connectivity index (χ1v) is 7.01. The Bertz CT molecular complexity index is 607. The van der Waals surface area contributed by atoms with Gasteiger partial charge >= 0.3 is 0 Å². The maximum Gasteiger partial charge on any atom is 0.204 e. The number of anilines is 3. The van der Waals surface area contributed by atoms with Crippen LogP contribution in [0, 0.1) is 13.8 Å². The third-order valence-corrected chi connectivity index (χ3v) is 3.24. The molecule has 112 valence electrons. The minimum atomic E-state index is 0.654. The standard InChI is InChI=1S/C16H22N4O/c1-6-17-15-14(21-5)16(19-10-18-15)20(4)13-8-11(2)7-12(3)9-13/h7-10H,6H2,1-5H3,(H,17,18,19). The Morgan fingerprint density at radius 1 is 1.14 bits per heavy atom. The second kappa shape index (κ2) is 6.43.